The molecule has 5 heteroatoms. The third kappa shape index (κ3) is 3.47. The third-order valence-electron chi connectivity index (χ3n) is 2.45. The zero-order chi connectivity index (χ0) is 13.9. The highest BCUT2D eigenvalue weighted by molar-refractivity contribution is 6.28. The maximum atomic E-state index is 11.0. The van der Waals surface area contributed by atoms with Crippen molar-refractivity contribution in [3.05, 3.63) is 29.3 Å². The van der Waals surface area contributed by atoms with Crippen LogP contribution in [0.1, 0.15) is 36.7 Å². The second-order valence-electron chi connectivity index (χ2n) is 5.02. The van der Waals surface area contributed by atoms with Crippen molar-refractivity contribution in [2.75, 3.05) is 5.88 Å². The van der Waals surface area contributed by atoms with Crippen LogP contribution in [0.15, 0.2) is 23.2 Å². The van der Waals surface area contributed by atoms with E-state index in [4.69, 9.17) is 22.4 Å². The Labute approximate surface area is 111 Å². The summed E-state index contributed by atoms with van der Waals surface area (Å²) >= 11 is 5.60. The van der Waals surface area contributed by atoms with Gasteiger partial charge >= 0.3 is 5.97 Å². The zero-order valence-corrected chi connectivity index (χ0v) is 11.5. The van der Waals surface area contributed by atoms with E-state index in [9.17, 15) is 4.79 Å². The number of aromatic carboxylic acids is 1. The fourth-order valence-corrected chi connectivity index (χ4v) is 1.64. The predicted octanol–water partition coefficient (Wildman–Crippen LogP) is 2.91. The van der Waals surface area contributed by atoms with E-state index in [1.165, 1.54) is 6.07 Å². The normalized spacial score (nSPS) is 12.6. The summed E-state index contributed by atoms with van der Waals surface area (Å²) in [7, 11) is 0. The van der Waals surface area contributed by atoms with Crippen LogP contribution in [0.5, 0.6) is 0 Å². The molecule has 18 heavy (non-hydrogen) atoms. The number of hydrogen-bond acceptors (Lipinski definition) is 2. The number of nitrogens with two attached hydrogens (primary N) is 1. The molecule has 0 fully saturated rings. The Hall–Kier alpha value is -1.55. The van der Waals surface area contributed by atoms with Gasteiger partial charge in [0, 0.05) is 0 Å². The molecule has 0 aliphatic rings. The van der Waals surface area contributed by atoms with Gasteiger partial charge in [0.25, 0.3) is 0 Å². The Kier molecular flexibility index (Phi) is 4.35. The summed E-state index contributed by atoms with van der Waals surface area (Å²) in [6, 6.07) is 4.85. The summed E-state index contributed by atoms with van der Waals surface area (Å²) in [5.74, 6) is -0.609. The molecule has 1 aromatic carbocycles. The Morgan fingerprint density at radius 3 is 2.50 bits per heavy atom. The van der Waals surface area contributed by atoms with Gasteiger partial charge in [0.1, 0.15) is 5.84 Å². The second kappa shape index (κ2) is 5.40. The Bertz CT molecular complexity index is 490. The van der Waals surface area contributed by atoms with E-state index in [2.05, 4.69) is 4.99 Å². The average molecular weight is 269 g/mol. The van der Waals surface area contributed by atoms with Crippen LogP contribution in [-0.4, -0.2) is 22.8 Å². The van der Waals surface area contributed by atoms with Crippen LogP contribution in [0, 0.1) is 0 Å². The minimum atomic E-state index is -0.989. The number of benzene rings is 1. The number of rotatable bonds is 3. The van der Waals surface area contributed by atoms with Crippen LogP contribution < -0.4 is 5.73 Å². The Balaban J connectivity index is 3.41. The monoisotopic (exact) mass is 268 g/mol. The van der Waals surface area contributed by atoms with Crippen molar-refractivity contribution in [2.45, 2.75) is 26.2 Å². The lowest BCUT2D eigenvalue weighted by Gasteiger charge is -2.21. The number of carboxylic acid groups (broad SMARTS) is 1. The van der Waals surface area contributed by atoms with Gasteiger partial charge in [0.2, 0.25) is 0 Å². The minimum Gasteiger partial charge on any atom is -0.478 e. The predicted molar refractivity (Wildman–Crippen MR) is 74.1 cm³/mol. The highest BCUT2D eigenvalue weighted by Crippen LogP contribution is 2.32. The first-order valence-corrected chi connectivity index (χ1v) is 6.06. The Morgan fingerprint density at radius 2 is 2.06 bits per heavy atom. The lowest BCUT2D eigenvalue weighted by Crippen LogP contribution is -2.15. The van der Waals surface area contributed by atoms with Crippen molar-refractivity contribution in [1.29, 1.82) is 0 Å². The van der Waals surface area contributed by atoms with Crippen LogP contribution >= 0.6 is 11.6 Å². The topological polar surface area (TPSA) is 75.7 Å². The van der Waals surface area contributed by atoms with Crippen LogP contribution in [0.3, 0.4) is 0 Å². The molecular weight excluding hydrogens is 252 g/mol. The molecule has 0 heterocycles. The summed E-state index contributed by atoms with van der Waals surface area (Å²) in [5, 5.41) is 8.99. The van der Waals surface area contributed by atoms with Crippen LogP contribution in [-0.2, 0) is 5.41 Å². The molecule has 1 rings (SSSR count). The van der Waals surface area contributed by atoms with Crippen molar-refractivity contribution in [1.82, 2.24) is 0 Å². The van der Waals surface area contributed by atoms with Gasteiger partial charge in [-0.1, -0.05) is 26.8 Å². The fraction of sp³-hybridized carbons (Fsp3) is 0.385. The third-order valence-corrected chi connectivity index (χ3v) is 2.73. The second-order valence-corrected chi connectivity index (χ2v) is 5.29. The smallest absolute Gasteiger partial charge is 0.335 e. The number of aliphatic imine (C=N–C) groups is 1. The van der Waals surface area contributed by atoms with E-state index in [-0.39, 0.29) is 22.7 Å². The standard InChI is InChI=1S/C13H17ClN2O2/c1-13(2,3)9-5-4-8(12(17)18)6-10(9)16-11(15)7-14/h4-6H,7H2,1-3H3,(H2,15,16)(H,17,18). The van der Waals surface area contributed by atoms with Crippen LogP contribution in [0.2, 0.25) is 0 Å². The molecule has 0 radical (unpaired) electrons. The molecule has 98 valence electrons. The minimum absolute atomic E-state index is 0.112. The summed E-state index contributed by atoms with van der Waals surface area (Å²) in [6.07, 6.45) is 0. The number of carbonyl (C=O) groups is 1. The zero-order valence-electron chi connectivity index (χ0n) is 10.7. The molecule has 0 atom stereocenters. The molecule has 3 N–H and O–H groups in total. The highest BCUT2D eigenvalue weighted by atomic mass is 35.5. The molecule has 0 saturated heterocycles. The van der Waals surface area contributed by atoms with E-state index >= 15 is 0 Å². The summed E-state index contributed by atoms with van der Waals surface area (Å²) < 4.78 is 0. The number of carboxylic acids is 1. The molecule has 4 nitrogen and oxygen atoms in total. The van der Waals surface area contributed by atoms with Crippen LogP contribution in [0.4, 0.5) is 5.69 Å². The van der Waals surface area contributed by atoms with Gasteiger partial charge in [-0.2, -0.15) is 0 Å². The van der Waals surface area contributed by atoms with Crippen molar-refractivity contribution in [2.24, 2.45) is 10.7 Å². The lowest BCUT2D eigenvalue weighted by molar-refractivity contribution is 0.0697. The number of alkyl halides is 1. The number of nitrogens with zero attached hydrogens (tertiary/aromatic N) is 1. The van der Waals surface area contributed by atoms with Gasteiger partial charge in [0.15, 0.2) is 0 Å². The first kappa shape index (κ1) is 14.5. The molecule has 0 aliphatic heterocycles. The van der Waals surface area contributed by atoms with E-state index in [1.54, 1.807) is 12.1 Å². The maximum Gasteiger partial charge on any atom is 0.335 e. The van der Waals surface area contributed by atoms with Gasteiger partial charge in [-0.3, -0.25) is 0 Å². The molecular formula is C13H17ClN2O2. The van der Waals surface area contributed by atoms with E-state index in [1.807, 2.05) is 20.8 Å². The van der Waals surface area contributed by atoms with Gasteiger partial charge in [-0.15, -0.1) is 11.6 Å². The largest absolute Gasteiger partial charge is 0.478 e. The number of amidine groups is 1. The first-order valence-electron chi connectivity index (χ1n) is 5.52. The van der Waals surface area contributed by atoms with Crippen molar-refractivity contribution < 1.29 is 9.90 Å². The quantitative estimate of drug-likeness (QED) is 0.503. The SMILES string of the molecule is CC(C)(C)c1ccc(C(=O)O)cc1N=C(N)CCl. The van der Waals surface area contributed by atoms with Crippen molar-refractivity contribution in [3.8, 4) is 0 Å². The van der Waals surface area contributed by atoms with Crippen LogP contribution in [0.25, 0.3) is 0 Å². The molecule has 0 aromatic heterocycles. The van der Waals surface area contributed by atoms with Crippen molar-refractivity contribution >= 4 is 29.1 Å². The van der Waals surface area contributed by atoms with Gasteiger partial charge in [-0.25, -0.2) is 9.79 Å². The van der Waals surface area contributed by atoms with E-state index in [0.29, 0.717) is 5.69 Å². The molecule has 0 unspecified atom stereocenters. The first-order chi connectivity index (χ1) is 8.25. The summed E-state index contributed by atoms with van der Waals surface area (Å²) in [5.41, 5.74) is 7.14. The Morgan fingerprint density at radius 1 is 1.44 bits per heavy atom. The molecule has 0 bridgehead atoms. The highest BCUT2D eigenvalue weighted by Gasteiger charge is 2.19. The summed E-state index contributed by atoms with van der Waals surface area (Å²) in [4.78, 5) is 15.1. The molecule has 0 amide bonds. The molecule has 0 spiro atoms. The van der Waals surface area contributed by atoms with Gasteiger partial charge < -0.3 is 10.8 Å². The maximum absolute atomic E-state index is 11.0. The van der Waals surface area contributed by atoms with Gasteiger partial charge in [-0.05, 0) is 23.1 Å². The number of hydrogen-bond donors (Lipinski definition) is 2. The van der Waals surface area contributed by atoms with Gasteiger partial charge in [0.05, 0.1) is 17.1 Å². The molecule has 1 aromatic rings. The van der Waals surface area contributed by atoms with E-state index < -0.39 is 5.97 Å². The lowest BCUT2D eigenvalue weighted by atomic mass is 9.85. The van der Waals surface area contributed by atoms with E-state index in [0.717, 1.165) is 5.56 Å². The average Bonchev–Trinajstić information content (AvgIpc) is 2.27. The molecule has 0 aliphatic carbocycles. The summed E-state index contributed by atoms with van der Waals surface area (Å²) in [6.45, 7) is 6.08. The fourth-order valence-electron chi connectivity index (χ4n) is 1.58. The number of halogens is 1. The molecule has 0 saturated carbocycles. The van der Waals surface area contributed by atoms with Crippen molar-refractivity contribution in [3.63, 3.8) is 0 Å².